The van der Waals surface area contributed by atoms with Crippen LogP contribution in [0.25, 0.3) is 6.08 Å². The second-order valence-corrected chi connectivity index (χ2v) is 5.41. The van der Waals surface area contributed by atoms with E-state index < -0.39 is 0 Å². The van der Waals surface area contributed by atoms with E-state index in [1.165, 1.54) is 6.08 Å². The molecule has 2 aromatic rings. The Hall–Kier alpha value is -3.59. The minimum atomic E-state index is -0.330. The standard InChI is InChI=1S/C20H19N3O3/c1-26-18-7-3-4-15(13-18)8-9-20(25)23-17-6-2-5-16(12-17)14-22-19(24)10-11-21/h2-9,12-13H,10,14H2,1H3,(H,22,24)(H,23,25)/b9-8+. The molecule has 0 heterocycles. The lowest BCUT2D eigenvalue weighted by Gasteiger charge is -2.07. The Bertz CT molecular complexity index is 853. The maximum absolute atomic E-state index is 12.1. The van der Waals surface area contributed by atoms with E-state index >= 15 is 0 Å². The molecule has 2 aromatic carbocycles. The van der Waals surface area contributed by atoms with Crippen molar-refractivity contribution >= 4 is 23.6 Å². The van der Waals surface area contributed by atoms with E-state index in [0.29, 0.717) is 12.2 Å². The van der Waals surface area contributed by atoms with Gasteiger partial charge in [0.2, 0.25) is 11.8 Å². The van der Waals surface area contributed by atoms with Gasteiger partial charge in [0.25, 0.3) is 0 Å². The summed E-state index contributed by atoms with van der Waals surface area (Å²) in [5.74, 6) is 0.125. The van der Waals surface area contributed by atoms with Crippen molar-refractivity contribution in [1.82, 2.24) is 5.32 Å². The summed E-state index contributed by atoms with van der Waals surface area (Å²) in [6.45, 7) is 0.296. The predicted molar refractivity (Wildman–Crippen MR) is 99.2 cm³/mol. The van der Waals surface area contributed by atoms with E-state index in [0.717, 1.165) is 16.9 Å². The van der Waals surface area contributed by atoms with Crippen LogP contribution in [0, 0.1) is 11.3 Å². The SMILES string of the molecule is COc1cccc(/C=C/C(=O)Nc2cccc(CNC(=O)CC#N)c2)c1. The number of anilines is 1. The Kier molecular flexibility index (Phi) is 6.95. The van der Waals surface area contributed by atoms with Gasteiger partial charge in [-0.15, -0.1) is 0 Å². The monoisotopic (exact) mass is 349 g/mol. The second kappa shape index (κ2) is 9.64. The largest absolute Gasteiger partial charge is 0.497 e. The Morgan fingerprint density at radius 1 is 1.19 bits per heavy atom. The third-order valence-electron chi connectivity index (χ3n) is 3.44. The Morgan fingerprint density at radius 2 is 2.00 bits per heavy atom. The minimum absolute atomic E-state index is 0.175. The van der Waals surface area contributed by atoms with Crippen LogP contribution in [-0.2, 0) is 16.1 Å². The van der Waals surface area contributed by atoms with Crippen molar-refractivity contribution in [3.05, 3.63) is 65.7 Å². The number of carbonyl (C=O) groups is 2. The van der Waals surface area contributed by atoms with Crippen LogP contribution in [-0.4, -0.2) is 18.9 Å². The number of hydrogen-bond donors (Lipinski definition) is 2. The van der Waals surface area contributed by atoms with E-state index in [2.05, 4.69) is 10.6 Å². The molecule has 0 unspecified atom stereocenters. The summed E-state index contributed by atoms with van der Waals surface area (Å²) in [5.41, 5.74) is 2.30. The first-order chi connectivity index (χ1) is 12.6. The number of amides is 2. The van der Waals surface area contributed by atoms with Gasteiger partial charge in [-0.25, -0.2) is 0 Å². The second-order valence-electron chi connectivity index (χ2n) is 5.41. The van der Waals surface area contributed by atoms with Gasteiger partial charge in [0.15, 0.2) is 0 Å². The highest BCUT2D eigenvalue weighted by Gasteiger charge is 2.02. The van der Waals surface area contributed by atoms with Crippen LogP contribution in [0.2, 0.25) is 0 Å². The van der Waals surface area contributed by atoms with Gasteiger partial charge in [-0.3, -0.25) is 9.59 Å². The molecule has 26 heavy (non-hydrogen) atoms. The average Bonchev–Trinajstić information content (AvgIpc) is 2.65. The molecule has 6 heteroatoms. The van der Waals surface area contributed by atoms with Gasteiger partial charge in [0.1, 0.15) is 12.2 Å². The van der Waals surface area contributed by atoms with Crippen molar-refractivity contribution in [3.8, 4) is 11.8 Å². The number of rotatable bonds is 7. The van der Waals surface area contributed by atoms with Gasteiger partial charge in [-0.1, -0.05) is 24.3 Å². The van der Waals surface area contributed by atoms with Crippen LogP contribution in [0.5, 0.6) is 5.75 Å². The summed E-state index contributed by atoms with van der Waals surface area (Å²) in [5, 5.41) is 13.9. The third-order valence-corrected chi connectivity index (χ3v) is 3.44. The lowest BCUT2D eigenvalue weighted by atomic mass is 10.2. The maximum Gasteiger partial charge on any atom is 0.248 e. The van der Waals surface area contributed by atoms with Crippen molar-refractivity contribution in [1.29, 1.82) is 5.26 Å². The summed E-state index contributed by atoms with van der Waals surface area (Å²) in [4.78, 5) is 23.4. The Labute approximate surface area is 152 Å². The van der Waals surface area contributed by atoms with E-state index in [1.807, 2.05) is 30.3 Å². The molecule has 0 fully saturated rings. The lowest BCUT2D eigenvalue weighted by Crippen LogP contribution is -2.21. The molecule has 0 saturated carbocycles. The number of carbonyl (C=O) groups excluding carboxylic acids is 2. The molecular formula is C20H19N3O3. The van der Waals surface area contributed by atoms with E-state index in [9.17, 15) is 9.59 Å². The molecule has 0 spiro atoms. The van der Waals surface area contributed by atoms with Gasteiger partial charge >= 0.3 is 0 Å². The number of ether oxygens (including phenoxy) is 1. The van der Waals surface area contributed by atoms with Crippen LogP contribution < -0.4 is 15.4 Å². The first-order valence-electron chi connectivity index (χ1n) is 7.96. The first kappa shape index (κ1) is 18.7. The first-order valence-corrected chi connectivity index (χ1v) is 7.96. The number of hydrogen-bond acceptors (Lipinski definition) is 4. The van der Waals surface area contributed by atoms with Crippen molar-refractivity contribution in [2.75, 3.05) is 12.4 Å². The van der Waals surface area contributed by atoms with Gasteiger partial charge in [-0.2, -0.15) is 5.26 Å². The fourth-order valence-electron chi connectivity index (χ4n) is 2.20. The zero-order valence-corrected chi connectivity index (χ0v) is 14.4. The third kappa shape index (κ3) is 6.13. The smallest absolute Gasteiger partial charge is 0.248 e. The van der Waals surface area contributed by atoms with Crippen LogP contribution in [0.4, 0.5) is 5.69 Å². The summed E-state index contributed by atoms with van der Waals surface area (Å²) in [6.07, 6.45) is 2.96. The quantitative estimate of drug-likeness (QED) is 0.752. The molecule has 0 aromatic heterocycles. The molecule has 0 bridgehead atoms. The predicted octanol–water partition coefficient (Wildman–Crippen LogP) is 2.88. The number of nitrogens with one attached hydrogen (secondary N) is 2. The van der Waals surface area contributed by atoms with Crippen molar-refractivity contribution in [2.45, 2.75) is 13.0 Å². The molecule has 0 aliphatic carbocycles. The molecule has 0 saturated heterocycles. The fourth-order valence-corrected chi connectivity index (χ4v) is 2.20. The van der Waals surface area contributed by atoms with Gasteiger partial charge in [0, 0.05) is 18.3 Å². The summed E-state index contributed by atoms with van der Waals surface area (Å²) in [7, 11) is 1.59. The van der Waals surface area contributed by atoms with Gasteiger partial charge in [0.05, 0.1) is 13.2 Å². The van der Waals surface area contributed by atoms with Crippen molar-refractivity contribution in [3.63, 3.8) is 0 Å². The minimum Gasteiger partial charge on any atom is -0.497 e. The van der Waals surface area contributed by atoms with Crippen molar-refractivity contribution < 1.29 is 14.3 Å². The van der Waals surface area contributed by atoms with Crippen molar-refractivity contribution in [2.24, 2.45) is 0 Å². The molecule has 132 valence electrons. The van der Waals surface area contributed by atoms with E-state index in [-0.39, 0.29) is 18.2 Å². The van der Waals surface area contributed by atoms with E-state index in [4.69, 9.17) is 10.00 Å². The normalized spacial score (nSPS) is 10.2. The molecule has 0 atom stereocenters. The molecular weight excluding hydrogens is 330 g/mol. The van der Waals surface area contributed by atoms with Crippen LogP contribution in [0.15, 0.2) is 54.6 Å². The molecule has 0 aliphatic heterocycles. The number of nitriles is 1. The number of benzene rings is 2. The zero-order valence-electron chi connectivity index (χ0n) is 14.4. The van der Waals surface area contributed by atoms with Gasteiger partial charge < -0.3 is 15.4 Å². The molecule has 2 rings (SSSR count). The molecule has 2 N–H and O–H groups in total. The van der Waals surface area contributed by atoms with Crippen LogP contribution in [0.3, 0.4) is 0 Å². The van der Waals surface area contributed by atoms with Gasteiger partial charge in [-0.05, 0) is 41.5 Å². The zero-order chi connectivity index (χ0) is 18.8. The fraction of sp³-hybridized carbons (Fsp3) is 0.150. The lowest BCUT2D eigenvalue weighted by molar-refractivity contribution is -0.120. The Morgan fingerprint density at radius 3 is 2.77 bits per heavy atom. The molecule has 0 radical (unpaired) electrons. The maximum atomic E-state index is 12.1. The molecule has 6 nitrogen and oxygen atoms in total. The average molecular weight is 349 g/mol. The molecule has 0 aliphatic rings. The number of methoxy groups -OCH3 is 1. The van der Waals surface area contributed by atoms with Crippen LogP contribution in [0.1, 0.15) is 17.5 Å². The highest BCUT2D eigenvalue weighted by molar-refractivity contribution is 6.02. The number of nitrogens with zero attached hydrogens (tertiary/aromatic N) is 1. The summed E-state index contributed by atoms with van der Waals surface area (Å²) < 4.78 is 5.14. The Balaban J connectivity index is 1.94. The summed E-state index contributed by atoms with van der Waals surface area (Å²) >= 11 is 0. The molecule has 2 amide bonds. The van der Waals surface area contributed by atoms with E-state index in [1.54, 1.807) is 37.5 Å². The highest BCUT2D eigenvalue weighted by Crippen LogP contribution is 2.14. The topological polar surface area (TPSA) is 91.2 Å². The summed E-state index contributed by atoms with van der Waals surface area (Å²) in [6, 6.07) is 16.3. The van der Waals surface area contributed by atoms with Crippen LogP contribution >= 0.6 is 0 Å². The highest BCUT2D eigenvalue weighted by atomic mass is 16.5.